The summed E-state index contributed by atoms with van der Waals surface area (Å²) in [5.41, 5.74) is 0. The lowest BCUT2D eigenvalue weighted by Crippen LogP contribution is -2.26. The summed E-state index contributed by atoms with van der Waals surface area (Å²) in [5, 5.41) is 2.59. The molecular weight excluding hydrogens is 118 g/mol. The van der Waals surface area contributed by atoms with E-state index in [0.717, 1.165) is 0 Å². The van der Waals surface area contributed by atoms with Crippen molar-refractivity contribution in [1.29, 1.82) is 0 Å². The smallest absolute Gasteiger partial charge is 0.408 e. The molecule has 1 aliphatic rings. The monoisotopic (exact) mass is 127 g/mol. The third kappa shape index (κ3) is 1.04. The van der Waals surface area contributed by atoms with E-state index in [9.17, 15) is 4.79 Å². The van der Waals surface area contributed by atoms with Gasteiger partial charge in [0.2, 0.25) is 0 Å². The van der Waals surface area contributed by atoms with E-state index in [1.165, 1.54) is 0 Å². The molecule has 1 aliphatic heterocycles. The Morgan fingerprint density at radius 3 is 2.78 bits per heavy atom. The van der Waals surface area contributed by atoms with Crippen LogP contribution < -0.4 is 5.32 Å². The van der Waals surface area contributed by atoms with Crippen LogP contribution in [0, 0.1) is 0 Å². The molecule has 0 saturated carbocycles. The van der Waals surface area contributed by atoms with Crippen molar-refractivity contribution in [2.45, 2.75) is 19.1 Å². The summed E-state index contributed by atoms with van der Waals surface area (Å²) < 4.78 is 4.75. The quantitative estimate of drug-likeness (QED) is 0.526. The number of ether oxygens (including phenoxy) is 1. The fourth-order valence-corrected chi connectivity index (χ4v) is 0.780. The zero-order valence-corrected chi connectivity index (χ0v) is 5.26. The maximum atomic E-state index is 10.4. The lowest BCUT2D eigenvalue weighted by Gasteiger charge is -2.04. The minimum absolute atomic E-state index is 0.0648. The second-order valence-electron chi connectivity index (χ2n) is 2.04. The van der Waals surface area contributed by atoms with Crippen LogP contribution in [0.4, 0.5) is 4.79 Å². The number of rotatable bonds is 1. The van der Waals surface area contributed by atoms with Crippen molar-refractivity contribution in [3.63, 3.8) is 0 Å². The summed E-state index contributed by atoms with van der Waals surface area (Å²) in [6.45, 7) is 5.38. The van der Waals surface area contributed by atoms with Crippen molar-refractivity contribution in [3.05, 3.63) is 12.7 Å². The molecule has 1 rings (SSSR count). The van der Waals surface area contributed by atoms with Crippen molar-refractivity contribution >= 4 is 6.09 Å². The van der Waals surface area contributed by atoms with Crippen LogP contribution in [0.1, 0.15) is 6.92 Å². The van der Waals surface area contributed by atoms with E-state index in [1.54, 1.807) is 6.08 Å². The second-order valence-corrected chi connectivity index (χ2v) is 2.04. The van der Waals surface area contributed by atoms with Gasteiger partial charge in [-0.2, -0.15) is 0 Å². The average molecular weight is 127 g/mol. The summed E-state index contributed by atoms with van der Waals surface area (Å²) >= 11 is 0. The Bertz CT molecular complexity index is 144. The van der Waals surface area contributed by atoms with Crippen LogP contribution in [0.5, 0.6) is 0 Å². The maximum Gasteiger partial charge on any atom is 0.408 e. The third-order valence-corrected chi connectivity index (χ3v) is 1.31. The fraction of sp³-hybridized carbons (Fsp3) is 0.500. The molecule has 2 atom stereocenters. The number of amides is 1. The second kappa shape index (κ2) is 2.09. The first kappa shape index (κ1) is 6.13. The van der Waals surface area contributed by atoms with Crippen molar-refractivity contribution < 1.29 is 9.53 Å². The lowest BCUT2D eigenvalue weighted by atomic mass is 10.2. The Kier molecular flexibility index (Phi) is 1.42. The van der Waals surface area contributed by atoms with Crippen molar-refractivity contribution in [2.24, 2.45) is 0 Å². The highest BCUT2D eigenvalue weighted by Gasteiger charge is 2.27. The van der Waals surface area contributed by atoms with Gasteiger partial charge in [0, 0.05) is 0 Å². The number of hydrogen-bond acceptors (Lipinski definition) is 2. The summed E-state index contributed by atoms with van der Waals surface area (Å²) in [7, 11) is 0. The number of carbonyl (C=O) groups is 1. The standard InChI is InChI=1S/C6H9NO2/c1-3-5-4(2)7-6(8)9-5/h3-5H,1H2,2H3,(H,7,8)/t4-,5?/m0/s1. The van der Waals surface area contributed by atoms with Gasteiger partial charge in [0.25, 0.3) is 0 Å². The molecule has 1 N–H and O–H groups in total. The van der Waals surface area contributed by atoms with E-state index in [1.807, 2.05) is 6.92 Å². The SMILES string of the molecule is C=CC1OC(=O)N[C@H]1C. The Balaban J connectivity index is 2.57. The van der Waals surface area contributed by atoms with Gasteiger partial charge in [-0.1, -0.05) is 6.58 Å². The zero-order valence-electron chi connectivity index (χ0n) is 5.26. The van der Waals surface area contributed by atoms with Crippen LogP contribution in [0.2, 0.25) is 0 Å². The summed E-state index contributed by atoms with van der Waals surface area (Å²) in [4.78, 5) is 10.4. The highest BCUT2D eigenvalue weighted by atomic mass is 16.6. The summed E-state index contributed by atoms with van der Waals surface area (Å²) in [6.07, 6.45) is 1.10. The van der Waals surface area contributed by atoms with Gasteiger partial charge in [0.05, 0.1) is 6.04 Å². The lowest BCUT2D eigenvalue weighted by molar-refractivity contribution is 0.154. The molecule has 1 amide bonds. The molecule has 0 aliphatic carbocycles. The highest BCUT2D eigenvalue weighted by Crippen LogP contribution is 2.07. The molecular formula is C6H9NO2. The van der Waals surface area contributed by atoms with Crippen molar-refractivity contribution in [2.75, 3.05) is 0 Å². The van der Waals surface area contributed by atoms with Crippen molar-refractivity contribution in [1.82, 2.24) is 5.32 Å². The Morgan fingerprint density at radius 1 is 1.89 bits per heavy atom. The highest BCUT2D eigenvalue weighted by molar-refractivity contribution is 5.70. The number of carbonyl (C=O) groups excluding carboxylic acids is 1. The van der Waals surface area contributed by atoms with Gasteiger partial charge in [-0.15, -0.1) is 0 Å². The molecule has 0 aromatic rings. The Morgan fingerprint density at radius 2 is 2.56 bits per heavy atom. The van der Waals surface area contributed by atoms with Gasteiger partial charge in [0.1, 0.15) is 6.10 Å². The van der Waals surface area contributed by atoms with E-state index in [-0.39, 0.29) is 18.2 Å². The minimum Gasteiger partial charge on any atom is -0.440 e. The summed E-state index contributed by atoms with van der Waals surface area (Å²) in [5.74, 6) is 0. The molecule has 0 spiro atoms. The average Bonchev–Trinajstić information content (AvgIpc) is 2.10. The molecule has 1 heterocycles. The zero-order chi connectivity index (χ0) is 6.85. The van der Waals surface area contributed by atoms with Crippen LogP contribution in [0.15, 0.2) is 12.7 Å². The van der Waals surface area contributed by atoms with Gasteiger partial charge in [-0.3, -0.25) is 0 Å². The topological polar surface area (TPSA) is 38.3 Å². The molecule has 50 valence electrons. The van der Waals surface area contributed by atoms with Crippen LogP contribution >= 0.6 is 0 Å². The molecule has 0 radical (unpaired) electrons. The number of alkyl carbamates (subject to hydrolysis) is 1. The normalized spacial score (nSPS) is 33.2. The number of nitrogens with one attached hydrogen (secondary N) is 1. The molecule has 3 nitrogen and oxygen atoms in total. The third-order valence-electron chi connectivity index (χ3n) is 1.31. The van der Waals surface area contributed by atoms with Gasteiger partial charge in [-0.05, 0) is 13.0 Å². The van der Waals surface area contributed by atoms with Gasteiger partial charge >= 0.3 is 6.09 Å². The Labute approximate surface area is 53.7 Å². The predicted octanol–water partition coefficient (Wildman–Crippen LogP) is 0.669. The van der Waals surface area contributed by atoms with Crippen LogP contribution in [0.25, 0.3) is 0 Å². The van der Waals surface area contributed by atoms with E-state index < -0.39 is 0 Å². The van der Waals surface area contributed by atoms with Gasteiger partial charge < -0.3 is 10.1 Å². The molecule has 1 fully saturated rings. The van der Waals surface area contributed by atoms with E-state index in [4.69, 9.17) is 4.74 Å². The first-order valence-electron chi connectivity index (χ1n) is 2.83. The molecule has 1 saturated heterocycles. The van der Waals surface area contributed by atoms with E-state index >= 15 is 0 Å². The first-order valence-corrected chi connectivity index (χ1v) is 2.83. The number of cyclic esters (lactones) is 1. The predicted molar refractivity (Wildman–Crippen MR) is 33.1 cm³/mol. The largest absolute Gasteiger partial charge is 0.440 e. The van der Waals surface area contributed by atoms with E-state index in [2.05, 4.69) is 11.9 Å². The maximum absolute atomic E-state index is 10.4. The number of hydrogen-bond donors (Lipinski definition) is 1. The minimum atomic E-state index is -0.354. The Hall–Kier alpha value is -0.990. The molecule has 3 heteroatoms. The van der Waals surface area contributed by atoms with Crippen molar-refractivity contribution in [3.8, 4) is 0 Å². The molecule has 0 aromatic heterocycles. The summed E-state index contributed by atoms with van der Waals surface area (Å²) in [6, 6.07) is 0.0648. The van der Waals surface area contributed by atoms with E-state index in [0.29, 0.717) is 0 Å². The van der Waals surface area contributed by atoms with Gasteiger partial charge in [-0.25, -0.2) is 4.79 Å². The first-order chi connectivity index (χ1) is 4.24. The molecule has 9 heavy (non-hydrogen) atoms. The molecule has 1 unspecified atom stereocenters. The van der Waals surface area contributed by atoms with Gasteiger partial charge in [0.15, 0.2) is 0 Å². The van der Waals surface area contributed by atoms with Crippen LogP contribution in [-0.2, 0) is 4.74 Å². The molecule has 0 aromatic carbocycles. The van der Waals surface area contributed by atoms with Crippen LogP contribution in [0.3, 0.4) is 0 Å². The molecule has 0 bridgehead atoms. The fourth-order valence-electron chi connectivity index (χ4n) is 0.780. The van der Waals surface area contributed by atoms with Crippen LogP contribution in [-0.4, -0.2) is 18.2 Å².